The molecule has 1 heterocycles. The lowest BCUT2D eigenvalue weighted by Gasteiger charge is -2.20. The van der Waals surface area contributed by atoms with Crippen molar-refractivity contribution in [2.45, 2.75) is 13.5 Å². The van der Waals surface area contributed by atoms with Gasteiger partial charge in [-0.15, -0.1) is 11.3 Å². The lowest BCUT2D eigenvalue weighted by molar-refractivity contribution is 0.0697. The smallest absolute Gasteiger partial charge is 0.335 e. The molecule has 0 atom stereocenters. The Bertz CT molecular complexity index is 610. The van der Waals surface area contributed by atoms with E-state index in [0.29, 0.717) is 12.2 Å². The molecule has 100 valence electrons. The van der Waals surface area contributed by atoms with E-state index < -0.39 is 5.97 Å². The highest BCUT2D eigenvalue weighted by molar-refractivity contribution is 7.09. The lowest BCUT2D eigenvalue weighted by Crippen LogP contribution is -2.18. The van der Waals surface area contributed by atoms with E-state index in [1.54, 1.807) is 23.5 Å². The Morgan fingerprint density at radius 3 is 2.79 bits per heavy atom. The third kappa shape index (κ3) is 3.03. The molecule has 6 heteroatoms. The summed E-state index contributed by atoms with van der Waals surface area (Å²) < 4.78 is 0. The number of rotatable bonds is 4. The van der Waals surface area contributed by atoms with Crippen LogP contribution < -0.4 is 10.6 Å². The Hall–Kier alpha value is -2.08. The van der Waals surface area contributed by atoms with Crippen molar-refractivity contribution >= 4 is 28.7 Å². The molecule has 0 spiro atoms. The largest absolute Gasteiger partial charge is 0.478 e. The summed E-state index contributed by atoms with van der Waals surface area (Å²) in [6.45, 7) is 2.60. The van der Waals surface area contributed by atoms with Crippen LogP contribution in [0.1, 0.15) is 21.1 Å². The Labute approximate surface area is 115 Å². The average Bonchev–Trinajstić information content (AvgIpc) is 2.74. The van der Waals surface area contributed by atoms with Gasteiger partial charge in [-0.3, -0.25) is 0 Å². The number of nitrogens with zero attached hydrogens (tertiary/aromatic N) is 2. The number of hydrogen-bond acceptors (Lipinski definition) is 5. The number of aryl methyl sites for hydroxylation is 1. The highest BCUT2D eigenvalue weighted by Crippen LogP contribution is 2.25. The maximum absolute atomic E-state index is 10.9. The van der Waals surface area contributed by atoms with Gasteiger partial charge in [-0.2, -0.15) is 0 Å². The monoisotopic (exact) mass is 277 g/mol. The minimum atomic E-state index is -0.976. The van der Waals surface area contributed by atoms with E-state index >= 15 is 0 Å². The summed E-state index contributed by atoms with van der Waals surface area (Å²) in [5, 5.41) is 11.9. The van der Waals surface area contributed by atoms with E-state index in [1.165, 1.54) is 6.07 Å². The van der Waals surface area contributed by atoms with Crippen LogP contribution in [0.15, 0.2) is 23.6 Å². The molecule has 0 aliphatic rings. The molecule has 0 bridgehead atoms. The topological polar surface area (TPSA) is 79.5 Å². The second kappa shape index (κ2) is 5.27. The van der Waals surface area contributed by atoms with Gasteiger partial charge in [0.15, 0.2) is 0 Å². The summed E-state index contributed by atoms with van der Waals surface area (Å²) in [5.74, 6) is -0.976. The molecule has 0 saturated carbocycles. The number of thiazole rings is 1. The van der Waals surface area contributed by atoms with Crippen LogP contribution in [0.4, 0.5) is 11.4 Å². The molecule has 0 aliphatic heterocycles. The van der Waals surface area contributed by atoms with Crippen molar-refractivity contribution in [3.05, 3.63) is 39.8 Å². The predicted molar refractivity (Wildman–Crippen MR) is 76.8 cm³/mol. The van der Waals surface area contributed by atoms with Crippen molar-refractivity contribution in [2.24, 2.45) is 0 Å². The maximum Gasteiger partial charge on any atom is 0.335 e. The van der Waals surface area contributed by atoms with Crippen molar-refractivity contribution in [3.63, 3.8) is 0 Å². The van der Waals surface area contributed by atoms with Crippen molar-refractivity contribution in [2.75, 3.05) is 17.7 Å². The molecular weight excluding hydrogens is 262 g/mol. The molecule has 0 amide bonds. The molecule has 19 heavy (non-hydrogen) atoms. The fraction of sp³-hybridized carbons (Fsp3) is 0.231. The van der Waals surface area contributed by atoms with Crippen LogP contribution in [0.5, 0.6) is 0 Å². The number of carboxylic acids is 1. The molecule has 2 aromatic rings. The van der Waals surface area contributed by atoms with Crippen molar-refractivity contribution in [1.29, 1.82) is 0 Å². The molecule has 0 unspecified atom stereocenters. The van der Waals surface area contributed by atoms with Gasteiger partial charge in [-0.1, -0.05) is 0 Å². The van der Waals surface area contributed by atoms with Crippen molar-refractivity contribution in [1.82, 2.24) is 4.98 Å². The van der Waals surface area contributed by atoms with E-state index in [4.69, 9.17) is 10.8 Å². The second-order valence-electron chi connectivity index (χ2n) is 4.32. The minimum Gasteiger partial charge on any atom is -0.478 e. The van der Waals surface area contributed by atoms with Gasteiger partial charge in [0.2, 0.25) is 0 Å². The molecular formula is C13H15N3O2S. The van der Waals surface area contributed by atoms with Gasteiger partial charge in [0.05, 0.1) is 23.5 Å². The summed E-state index contributed by atoms with van der Waals surface area (Å²) in [7, 11) is 1.91. The van der Waals surface area contributed by atoms with E-state index in [1.807, 2.05) is 24.3 Å². The third-order valence-electron chi connectivity index (χ3n) is 2.72. The summed E-state index contributed by atoms with van der Waals surface area (Å²) in [6.07, 6.45) is 0. The first-order chi connectivity index (χ1) is 8.97. The first-order valence-corrected chi connectivity index (χ1v) is 6.60. The van der Waals surface area contributed by atoms with Crippen molar-refractivity contribution < 1.29 is 9.90 Å². The number of carbonyl (C=O) groups is 1. The predicted octanol–water partition coefficient (Wildman–Crippen LogP) is 2.37. The summed E-state index contributed by atoms with van der Waals surface area (Å²) in [4.78, 5) is 17.2. The molecule has 5 nitrogen and oxygen atoms in total. The molecule has 0 radical (unpaired) electrons. The molecule has 3 N–H and O–H groups in total. The van der Waals surface area contributed by atoms with Gasteiger partial charge in [0, 0.05) is 18.1 Å². The van der Waals surface area contributed by atoms with Crippen LogP contribution in [-0.2, 0) is 6.54 Å². The van der Waals surface area contributed by atoms with Gasteiger partial charge in [-0.05, 0) is 25.1 Å². The Morgan fingerprint density at radius 2 is 2.26 bits per heavy atom. The number of aromatic carboxylic acids is 1. The van der Waals surface area contributed by atoms with Crippen LogP contribution in [0, 0.1) is 6.92 Å². The molecule has 2 rings (SSSR count). The van der Waals surface area contributed by atoms with E-state index in [9.17, 15) is 4.79 Å². The highest BCUT2D eigenvalue weighted by atomic mass is 32.1. The average molecular weight is 277 g/mol. The van der Waals surface area contributed by atoms with Gasteiger partial charge in [0.25, 0.3) is 0 Å². The number of nitrogens with two attached hydrogens (primary N) is 1. The SMILES string of the molecule is Cc1csc(CN(C)c2ccc(C(=O)O)cc2N)n1. The van der Waals surface area contributed by atoms with E-state index in [2.05, 4.69) is 4.98 Å². The maximum atomic E-state index is 10.9. The van der Waals surface area contributed by atoms with Crippen LogP contribution in [0.3, 0.4) is 0 Å². The number of benzene rings is 1. The van der Waals surface area contributed by atoms with Gasteiger partial charge in [0.1, 0.15) is 5.01 Å². The Balaban J connectivity index is 2.19. The molecule has 0 saturated heterocycles. The van der Waals surface area contributed by atoms with E-state index in [-0.39, 0.29) is 5.56 Å². The van der Waals surface area contributed by atoms with Crippen LogP contribution in [-0.4, -0.2) is 23.1 Å². The Morgan fingerprint density at radius 1 is 1.53 bits per heavy atom. The number of aromatic nitrogens is 1. The molecule has 0 aliphatic carbocycles. The zero-order chi connectivity index (χ0) is 14.0. The molecule has 0 fully saturated rings. The number of nitrogen functional groups attached to an aromatic ring is 1. The summed E-state index contributed by atoms with van der Waals surface area (Å²) >= 11 is 1.60. The number of carboxylic acid groups (broad SMARTS) is 1. The van der Waals surface area contributed by atoms with Gasteiger partial charge < -0.3 is 15.7 Å². The third-order valence-corrected chi connectivity index (χ3v) is 3.68. The van der Waals surface area contributed by atoms with Crippen LogP contribution >= 0.6 is 11.3 Å². The Kier molecular flexibility index (Phi) is 3.71. The molecule has 1 aromatic carbocycles. The zero-order valence-corrected chi connectivity index (χ0v) is 11.6. The first kappa shape index (κ1) is 13.4. The van der Waals surface area contributed by atoms with Gasteiger partial charge in [-0.25, -0.2) is 9.78 Å². The van der Waals surface area contributed by atoms with Crippen molar-refractivity contribution in [3.8, 4) is 0 Å². The quantitative estimate of drug-likeness (QED) is 0.839. The second-order valence-corrected chi connectivity index (χ2v) is 5.26. The van der Waals surface area contributed by atoms with Crippen LogP contribution in [0.2, 0.25) is 0 Å². The summed E-state index contributed by atoms with van der Waals surface area (Å²) in [6, 6.07) is 4.75. The van der Waals surface area contributed by atoms with E-state index in [0.717, 1.165) is 16.4 Å². The summed E-state index contributed by atoms with van der Waals surface area (Å²) in [5.41, 5.74) is 8.35. The van der Waals surface area contributed by atoms with Crippen LogP contribution in [0.25, 0.3) is 0 Å². The standard InChI is InChI=1S/C13H15N3O2S/c1-8-7-19-12(15-8)6-16(2)11-4-3-9(13(17)18)5-10(11)14/h3-5,7H,6,14H2,1-2H3,(H,17,18). The fourth-order valence-electron chi connectivity index (χ4n) is 1.80. The van der Waals surface area contributed by atoms with Gasteiger partial charge >= 0.3 is 5.97 Å². The highest BCUT2D eigenvalue weighted by Gasteiger charge is 2.11. The lowest BCUT2D eigenvalue weighted by atomic mass is 10.1. The first-order valence-electron chi connectivity index (χ1n) is 5.72. The minimum absolute atomic E-state index is 0.194. The zero-order valence-electron chi connectivity index (χ0n) is 10.8. The normalized spacial score (nSPS) is 10.4. The number of anilines is 2. The number of hydrogen-bond donors (Lipinski definition) is 2. The molecule has 1 aromatic heterocycles. The fourth-order valence-corrected chi connectivity index (χ4v) is 2.62.